The van der Waals surface area contributed by atoms with Crippen molar-refractivity contribution < 1.29 is 13.5 Å². The molecule has 0 amide bonds. The summed E-state index contributed by atoms with van der Waals surface area (Å²) in [5.74, 6) is -1.06. The van der Waals surface area contributed by atoms with Crippen LogP contribution >= 0.6 is 0 Å². The third-order valence-corrected chi connectivity index (χ3v) is 5.13. The van der Waals surface area contributed by atoms with Crippen LogP contribution in [-0.2, 0) is 6.61 Å². The zero-order chi connectivity index (χ0) is 14.8. The molecule has 0 atom stereocenters. The highest BCUT2D eigenvalue weighted by Crippen LogP contribution is 2.17. The maximum Gasteiger partial charge on any atom is 0.129 e. The molecule has 4 heteroatoms. The molecule has 0 aromatic heterocycles. The van der Waals surface area contributed by atoms with Crippen molar-refractivity contribution in [2.45, 2.75) is 26.2 Å². The fourth-order valence-electron chi connectivity index (χ4n) is 1.88. The molecular weight excluding hydrogens is 274 g/mol. The Hall–Kier alpha value is -1.68. The topological polar surface area (TPSA) is 9.23 Å². The lowest BCUT2D eigenvalue weighted by atomic mass is 10.2. The molecule has 0 saturated heterocycles. The summed E-state index contributed by atoms with van der Waals surface area (Å²) < 4.78 is 31.5. The molecule has 2 aromatic carbocycles. The molecular formula is C16H18F2OSi. The van der Waals surface area contributed by atoms with E-state index in [0.717, 1.165) is 11.6 Å². The minimum Gasteiger partial charge on any atom is -0.489 e. The lowest BCUT2D eigenvalue weighted by molar-refractivity contribution is 0.302. The van der Waals surface area contributed by atoms with E-state index in [-0.39, 0.29) is 5.75 Å². The van der Waals surface area contributed by atoms with Crippen LogP contribution in [0.4, 0.5) is 8.78 Å². The Bertz CT molecular complexity index is 568. The monoisotopic (exact) mass is 292 g/mol. The van der Waals surface area contributed by atoms with Crippen molar-refractivity contribution in [3.8, 4) is 5.75 Å². The van der Waals surface area contributed by atoms with Crippen LogP contribution in [0.2, 0.25) is 19.6 Å². The quantitative estimate of drug-likeness (QED) is 0.771. The lowest BCUT2D eigenvalue weighted by Gasteiger charge is -2.16. The second-order valence-corrected chi connectivity index (χ2v) is 10.9. The number of rotatable bonds is 4. The van der Waals surface area contributed by atoms with Crippen LogP contribution in [0.15, 0.2) is 42.5 Å². The van der Waals surface area contributed by atoms with Gasteiger partial charge in [0, 0.05) is 18.2 Å². The van der Waals surface area contributed by atoms with Gasteiger partial charge in [0.05, 0.1) is 8.07 Å². The van der Waals surface area contributed by atoms with Gasteiger partial charge in [-0.2, -0.15) is 0 Å². The second-order valence-electron chi connectivity index (χ2n) is 5.84. The third kappa shape index (κ3) is 3.90. The van der Waals surface area contributed by atoms with Crippen molar-refractivity contribution in [1.29, 1.82) is 0 Å². The second kappa shape index (κ2) is 5.75. The molecule has 0 unspecified atom stereocenters. The van der Waals surface area contributed by atoms with E-state index in [9.17, 15) is 8.78 Å². The molecule has 0 aliphatic carbocycles. The van der Waals surface area contributed by atoms with Gasteiger partial charge >= 0.3 is 0 Å². The van der Waals surface area contributed by atoms with Gasteiger partial charge < -0.3 is 4.74 Å². The lowest BCUT2D eigenvalue weighted by Crippen LogP contribution is -2.37. The van der Waals surface area contributed by atoms with Gasteiger partial charge in [-0.3, -0.25) is 0 Å². The van der Waals surface area contributed by atoms with E-state index in [1.807, 2.05) is 12.1 Å². The highest BCUT2D eigenvalue weighted by molar-refractivity contribution is 6.88. The van der Waals surface area contributed by atoms with Gasteiger partial charge in [-0.05, 0) is 5.56 Å². The Morgan fingerprint density at radius 1 is 0.900 bits per heavy atom. The van der Waals surface area contributed by atoms with Crippen LogP contribution in [0.5, 0.6) is 5.75 Å². The SMILES string of the molecule is C[Si](C)(C)c1ccc(COc2cc(F)cc(F)c2)cc1. The molecule has 0 radical (unpaired) electrons. The Balaban J connectivity index is 2.04. The first-order valence-electron chi connectivity index (χ1n) is 6.53. The van der Waals surface area contributed by atoms with E-state index >= 15 is 0 Å². The van der Waals surface area contributed by atoms with Gasteiger partial charge in [0.1, 0.15) is 24.0 Å². The van der Waals surface area contributed by atoms with Crippen molar-refractivity contribution in [2.75, 3.05) is 0 Å². The molecule has 2 aromatic rings. The minimum absolute atomic E-state index is 0.205. The molecule has 1 nitrogen and oxygen atoms in total. The number of halogens is 2. The van der Waals surface area contributed by atoms with Crippen LogP contribution in [-0.4, -0.2) is 8.07 Å². The molecule has 0 heterocycles. The van der Waals surface area contributed by atoms with Crippen LogP contribution in [0, 0.1) is 11.6 Å². The van der Waals surface area contributed by atoms with Gasteiger partial charge in [0.15, 0.2) is 0 Å². The molecule has 0 saturated carbocycles. The van der Waals surface area contributed by atoms with E-state index in [4.69, 9.17) is 4.74 Å². The third-order valence-electron chi connectivity index (χ3n) is 3.06. The summed E-state index contributed by atoms with van der Waals surface area (Å²) in [7, 11) is -1.30. The molecule has 0 spiro atoms. The first kappa shape index (κ1) is 14.7. The molecule has 2 rings (SSSR count). The zero-order valence-electron chi connectivity index (χ0n) is 11.9. The van der Waals surface area contributed by atoms with Crippen LogP contribution in [0.3, 0.4) is 0 Å². The highest BCUT2D eigenvalue weighted by atomic mass is 28.3. The van der Waals surface area contributed by atoms with Gasteiger partial charge in [-0.15, -0.1) is 0 Å². The van der Waals surface area contributed by atoms with Crippen molar-refractivity contribution in [3.05, 3.63) is 59.7 Å². The van der Waals surface area contributed by atoms with Crippen molar-refractivity contribution in [3.63, 3.8) is 0 Å². The molecule has 0 N–H and O–H groups in total. The van der Waals surface area contributed by atoms with E-state index in [2.05, 4.69) is 31.8 Å². The fourth-order valence-corrected chi connectivity index (χ4v) is 3.05. The van der Waals surface area contributed by atoms with E-state index in [1.54, 1.807) is 0 Å². The first-order valence-corrected chi connectivity index (χ1v) is 10.0. The van der Waals surface area contributed by atoms with Gasteiger partial charge in [0.25, 0.3) is 0 Å². The summed E-state index contributed by atoms with van der Waals surface area (Å²) in [4.78, 5) is 0. The maximum absolute atomic E-state index is 13.0. The smallest absolute Gasteiger partial charge is 0.129 e. The normalized spacial score (nSPS) is 11.4. The maximum atomic E-state index is 13.0. The fraction of sp³-hybridized carbons (Fsp3) is 0.250. The highest BCUT2D eigenvalue weighted by Gasteiger charge is 2.15. The summed E-state index contributed by atoms with van der Waals surface area (Å²) in [6.07, 6.45) is 0. The van der Waals surface area contributed by atoms with Gasteiger partial charge in [-0.25, -0.2) is 8.78 Å². The minimum atomic E-state index is -1.30. The largest absolute Gasteiger partial charge is 0.489 e. The number of hydrogen-bond acceptors (Lipinski definition) is 1. The van der Waals surface area contributed by atoms with E-state index in [1.165, 1.54) is 17.3 Å². The summed E-state index contributed by atoms with van der Waals surface area (Å²) in [5, 5.41) is 1.37. The summed E-state index contributed by atoms with van der Waals surface area (Å²) in [6.45, 7) is 7.16. The average molecular weight is 292 g/mol. The molecule has 106 valence electrons. The number of hydrogen-bond donors (Lipinski definition) is 0. The summed E-state index contributed by atoms with van der Waals surface area (Å²) >= 11 is 0. The van der Waals surface area contributed by atoms with Crippen LogP contribution < -0.4 is 9.92 Å². The number of ether oxygens (including phenoxy) is 1. The molecule has 0 bridgehead atoms. The van der Waals surface area contributed by atoms with Crippen molar-refractivity contribution >= 4 is 13.3 Å². The standard InChI is InChI=1S/C16H18F2OSi/c1-20(2,3)16-6-4-12(5-7-16)11-19-15-9-13(17)8-14(18)10-15/h4-10H,11H2,1-3H3. The van der Waals surface area contributed by atoms with Gasteiger partial charge in [-0.1, -0.05) is 49.1 Å². The van der Waals surface area contributed by atoms with Crippen molar-refractivity contribution in [2.24, 2.45) is 0 Å². The predicted molar refractivity (Wildman–Crippen MR) is 80.1 cm³/mol. The van der Waals surface area contributed by atoms with Crippen LogP contribution in [0.25, 0.3) is 0 Å². The number of benzene rings is 2. The first-order chi connectivity index (χ1) is 9.34. The molecule has 0 aliphatic heterocycles. The predicted octanol–water partition coefficient (Wildman–Crippen LogP) is 4.09. The Morgan fingerprint density at radius 2 is 1.45 bits per heavy atom. The Morgan fingerprint density at radius 3 is 1.95 bits per heavy atom. The van der Waals surface area contributed by atoms with Crippen molar-refractivity contribution in [1.82, 2.24) is 0 Å². The Kier molecular flexibility index (Phi) is 4.23. The molecule has 0 aliphatic rings. The Labute approximate surface area is 119 Å². The average Bonchev–Trinajstić information content (AvgIpc) is 2.35. The van der Waals surface area contributed by atoms with E-state index in [0.29, 0.717) is 6.61 Å². The van der Waals surface area contributed by atoms with Gasteiger partial charge in [0.2, 0.25) is 0 Å². The molecule has 0 fully saturated rings. The summed E-state index contributed by atoms with van der Waals surface area (Å²) in [5.41, 5.74) is 0.983. The summed E-state index contributed by atoms with van der Waals surface area (Å²) in [6, 6.07) is 11.4. The zero-order valence-corrected chi connectivity index (χ0v) is 12.9. The van der Waals surface area contributed by atoms with E-state index < -0.39 is 19.7 Å². The van der Waals surface area contributed by atoms with Crippen LogP contribution in [0.1, 0.15) is 5.56 Å². The molecule has 20 heavy (non-hydrogen) atoms.